The lowest BCUT2D eigenvalue weighted by molar-refractivity contribution is -0.188. The first kappa shape index (κ1) is 20.0. The normalized spacial score (nSPS) is 13.7. The van der Waals surface area contributed by atoms with Gasteiger partial charge in [0.05, 0.1) is 23.5 Å². The van der Waals surface area contributed by atoms with Crippen molar-refractivity contribution in [1.29, 1.82) is 0 Å². The average Bonchev–Trinajstić information content (AvgIpc) is 2.44. The Bertz CT molecular complexity index is 624. The van der Waals surface area contributed by atoms with Crippen LogP contribution in [0.25, 0.3) is 0 Å². The van der Waals surface area contributed by atoms with Gasteiger partial charge in [-0.1, -0.05) is 36.7 Å². The number of alkyl halides is 3. The first-order valence-electron chi connectivity index (χ1n) is 6.45. The molecule has 0 aliphatic carbocycles. The van der Waals surface area contributed by atoms with Crippen molar-refractivity contribution in [3.8, 4) is 5.75 Å². The molecule has 11 heteroatoms. The highest BCUT2D eigenvalue weighted by Crippen LogP contribution is 2.32. The van der Waals surface area contributed by atoms with Gasteiger partial charge in [-0.25, -0.2) is 0 Å². The van der Waals surface area contributed by atoms with Crippen LogP contribution in [0.3, 0.4) is 0 Å². The van der Waals surface area contributed by atoms with Gasteiger partial charge in [0.15, 0.2) is 0 Å². The number of halogens is 3. The Balaban J connectivity index is 3.32. The number of ether oxygens (including phenoxy) is 1. The van der Waals surface area contributed by atoms with Crippen LogP contribution in [0.1, 0.15) is 16.7 Å². The largest absolute Gasteiger partial charge is 0.479 e. The van der Waals surface area contributed by atoms with Crippen molar-refractivity contribution in [1.82, 2.24) is 0 Å². The fourth-order valence-corrected chi connectivity index (χ4v) is 2.57. The number of rotatable bonds is 7. The molecule has 4 nitrogen and oxygen atoms in total. The minimum Gasteiger partial charge on any atom is -0.479 e. The third kappa shape index (κ3) is 5.80. The predicted octanol–water partition coefficient (Wildman–Crippen LogP) is 0.890. The molecule has 23 heavy (non-hydrogen) atoms. The van der Waals surface area contributed by atoms with E-state index in [4.69, 9.17) is 32.8 Å². The highest BCUT2D eigenvalue weighted by atomic mass is 32.2. The number of benzene rings is 1. The third-order valence-electron chi connectivity index (χ3n) is 2.97. The molecule has 1 N–H and O–H groups in total. The zero-order valence-electron chi connectivity index (χ0n) is 12.0. The zero-order chi connectivity index (χ0) is 17.8. The van der Waals surface area contributed by atoms with E-state index in [1.807, 2.05) is 0 Å². The molecule has 0 saturated heterocycles. The maximum Gasteiger partial charge on any atom is 0.426 e. The standard InChI is InChI=1S/C12H12B3F3O4S/c13-3-7-1-8(4-14)11(9(2-7)5-15)22-10(12(16,17)18)6-23(19,20)21/h1-2,10H,3-6H2,(H,19,20,21). The smallest absolute Gasteiger partial charge is 0.426 e. The second-order valence-corrected chi connectivity index (χ2v) is 6.25. The summed E-state index contributed by atoms with van der Waals surface area (Å²) < 4.78 is 74.0. The van der Waals surface area contributed by atoms with Gasteiger partial charge in [0, 0.05) is 0 Å². The highest BCUT2D eigenvalue weighted by molar-refractivity contribution is 7.85. The van der Waals surface area contributed by atoms with Crippen LogP contribution in [0, 0.1) is 0 Å². The van der Waals surface area contributed by atoms with Gasteiger partial charge in [-0.3, -0.25) is 4.55 Å². The van der Waals surface area contributed by atoms with Gasteiger partial charge in [-0.05, 0) is 11.1 Å². The molecular weight excluding hydrogens is 330 g/mol. The fourth-order valence-electron chi connectivity index (χ4n) is 1.93. The van der Waals surface area contributed by atoms with E-state index in [1.54, 1.807) is 0 Å². The van der Waals surface area contributed by atoms with Crippen LogP contribution >= 0.6 is 0 Å². The van der Waals surface area contributed by atoms with Crippen LogP contribution in [0.5, 0.6) is 5.75 Å². The van der Waals surface area contributed by atoms with Crippen molar-refractivity contribution >= 4 is 33.7 Å². The van der Waals surface area contributed by atoms with Crippen molar-refractivity contribution in [2.24, 2.45) is 0 Å². The second kappa shape index (κ2) is 7.66. The van der Waals surface area contributed by atoms with E-state index in [9.17, 15) is 21.6 Å². The van der Waals surface area contributed by atoms with Gasteiger partial charge in [0.2, 0.25) is 6.10 Å². The quantitative estimate of drug-likeness (QED) is 0.591. The lowest BCUT2D eigenvalue weighted by Crippen LogP contribution is -2.40. The molecule has 6 radical (unpaired) electrons. The van der Waals surface area contributed by atoms with Crippen LogP contribution in [0.4, 0.5) is 13.2 Å². The number of hydrogen-bond donors (Lipinski definition) is 1. The molecule has 0 aliphatic heterocycles. The molecule has 0 bridgehead atoms. The predicted molar refractivity (Wildman–Crippen MR) is 81.7 cm³/mol. The summed E-state index contributed by atoms with van der Waals surface area (Å²) in [6.07, 6.45) is -7.97. The van der Waals surface area contributed by atoms with Gasteiger partial charge in [-0.2, -0.15) is 21.6 Å². The van der Waals surface area contributed by atoms with Gasteiger partial charge in [-0.15, -0.1) is 0 Å². The van der Waals surface area contributed by atoms with Crippen molar-refractivity contribution in [2.45, 2.75) is 31.2 Å². The molecule has 0 fully saturated rings. The van der Waals surface area contributed by atoms with Crippen LogP contribution in [0.2, 0.25) is 0 Å². The van der Waals surface area contributed by atoms with Crippen molar-refractivity contribution in [3.05, 3.63) is 28.8 Å². The summed E-state index contributed by atoms with van der Waals surface area (Å²) in [5, 5.41) is 0. The minimum absolute atomic E-state index is 0.119. The summed E-state index contributed by atoms with van der Waals surface area (Å²) in [6, 6.07) is 2.91. The summed E-state index contributed by atoms with van der Waals surface area (Å²) in [7, 11) is 11.6. The molecule has 1 rings (SSSR count). The van der Waals surface area contributed by atoms with Crippen molar-refractivity contribution < 1.29 is 30.9 Å². The summed E-state index contributed by atoms with van der Waals surface area (Å²) in [5.74, 6) is -1.89. The molecule has 0 amide bonds. The van der Waals surface area contributed by atoms with E-state index in [0.29, 0.717) is 5.56 Å². The Morgan fingerprint density at radius 1 is 1.09 bits per heavy atom. The molecule has 120 valence electrons. The summed E-state index contributed by atoms with van der Waals surface area (Å²) in [6.45, 7) is 0. The molecule has 0 spiro atoms. The Morgan fingerprint density at radius 3 is 1.87 bits per heavy atom. The maximum absolute atomic E-state index is 13.0. The fraction of sp³-hybridized carbons (Fsp3) is 0.500. The van der Waals surface area contributed by atoms with Gasteiger partial charge in [0.1, 0.15) is 11.5 Å². The molecule has 1 atom stereocenters. The third-order valence-corrected chi connectivity index (χ3v) is 3.69. The monoisotopic (exact) mass is 342 g/mol. The lowest BCUT2D eigenvalue weighted by Gasteiger charge is -2.24. The van der Waals surface area contributed by atoms with E-state index < -0.39 is 28.2 Å². The van der Waals surface area contributed by atoms with Crippen LogP contribution in [0.15, 0.2) is 12.1 Å². The molecule has 0 aliphatic rings. The molecule has 0 saturated carbocycles. The Labute approximate surface area is 136 Å². The van der Waals surface area contributed by atoms with Gasteiger partial charge in [0.25, 0.3) is 10.1 Å². The van der Waals surface area contributed by atoms with Crippen LogP contribution in [-0.2, 0) is 29.1 Å². The molecule has 1 unspecified atom stereocenters. The highest BCUT2D eigenvalue weighted by Gasteiger charge is 2.45. The summed E-state index contributed by atoms with van der Waals surface area (Å²) in [4.78, 5) is 0. The van der Waals surface area contributed by atoms with Crippen molar-refractivity contribution in [3.63, 3.8) is 0 Å². The van der Waals surface area contributed by atoms with E-state index in [0.717, 1.165) is 0 Å². The van der Waals surface area contributed by atoms with E-state index in [2.05, 4.69) is 0 Å². The summed E-state index contributed by atoms with van der Waals surface area (Å²) >= 11 is 0. The first-order chi connectivity index (χ1) is 10.5. The van der Waals surface area contributed by atoms with E-state index in [-0.39, 0.29) is 35.8 Å². The molecular formula is C12H12B3F3O4S. The molecule has 0 heterocycles. The minimum atomic E-state index is -5.01. The molecule has 1 aromatic rings. The van der Waals surface area contributed by atoms with Gasteiger partial charge >= 0.3 is 6.18 Å². The Morgan fingerprint density at radius 2 is 1.57 bits per heavy atom. The molecule has 1 aromatic carbocycles. The van der Waals surface area contributed by atoms with Gasteiger partial charge < -0.3 is 4.74 Å². The van der Waals surface area contributed by atoms with Crippen LogP contribution in [-0.4, -0.2) is 54.5 Å². The maximum atomic E-state index is 13.0. The SMILES string of the molecule is [B]Cc1cc(C[B])c(OC(CS(=O)(=O)O)C(F)(F)F)c(C[B])c1. The topological polar surface area (TPSA) is 63.6 Å². The van der Waals surface area contributed by atoms with Crippen LogP contribution < -0.4 is 4.74 Å². The summed E-state index contributed by atoms with van der Waals surface area (Å²) in [5.41, 5.74) is 1.01. The lowest BCUT2D eigenvalue weighted by atomic mass is 9.85. The Kier molecular flexibility index (Phi) is 6.64. The number of hydrogen-bond acceptors (Lipinski definition) is 3. The van der Waals surface area contributed by atoms with Crippen molar-refractivity contribution in [2.75, 3.05) is 5.75 Å². The zero-order valence-corrected chi connectivity index (χ0v) is 12.8. The second-order valence-electron chi connectivity index (χ2n) is 4.75. The Hall–Kier alpha value is -1.09. The van der Waals surface area contributed by atoms with E-state index >= 15 is 0 Å². The van der Waals surface area contributed by atoms with E-state index in [1.165, 1.54) is 12.1 Å². The molecule has 0 aromatic heterocycles. The average molecular weight is 342 g/mol. The first-order valence-corrected chi connectivity index (χ1v) is 8.06.